The van der Waals surface area contributed by atoms with E-state index in [0.717, 1.165) is 18.9 Å². The maximum atomic E-state index is 4.83. The summed E-state index contributed by atoms with van der Waals surface area (Å²) in [6, 6.07) is 0. The molecule has 0 amide bonds. The summed E-state index contributed by atoms with van der Waals surface area (Å²) in [6.45, 7) is 9.82. The van der Waals surface area contributed by atoms with Crippen LogP contribution in [0.4, 0.5) is 0 Å². The zero-order valence-corrected chi connectivity index (χ0v) is 12.3. The Bertz CT molecular complexity index is 372. The molecule has 1 heterocycles. The second kappa shape index (κ2) is 5.07. The quantitative estimate of drug-likeness (QED) is 0.880. The van der Waals surface area contributed by atoms with Crippen LogP contribution in [0.15, 0.2) is 0 Å². The minimum absolute atomic E-state index is 0.186. The van der Waals surface area contributed by atoms with Crippen molar-refractivity contribution in [2.75, 3.05) is 0 Å². The fourth-order valence-corrected chi connectivity index (χ4v) is 3.26. The Morgan fingerprint density at radius 3 is 2.53 bits per heavy atom. The van der Waals surface area contributed by atoms with Crippen LogP contribution in [0.2, 0.25) is 0 Å². The Balaban J connectivity index is 2.06. The highest BCUT2D eigenvalue weighted by Gasteiger charge is 2.24. The van der Waals surface area contributed by atoms with Crippen molar-refractivity contribution in [2.24, 2.45) is 0 Å². The number of aromatic nitrogens is 1. The lowest BCUT2D eigenvalue weighted by molar-refractivity contribution is 0.417. The molecule has 0 spiro atoms. The predicted molar refractivity (Wildman–Crippen MR) is 74.7 cm³/mol. The van der Waals surface area contributed by atoms with Gasteiger partial charge in [0.25, 0.3) is 0 Å². The van der Waals surface area contributed by atoms with Crippen molar-refractivity contribution in [1.29, 1.82) is 0 Å². The smallest absolute Gasteiger partial charge is 0.0962 e. The molecule has 2 rings (SSSR count). The molecule has 17 heavy (non-hydrogen) atoms. The molecule has 1 N–H and O–H groups in total. The van der Waals surface area contributed by atoms with Crippen LogP contribution in [-0.2, 0) is 13.0 Å². The first-order valence-electron chi connectivity index (χ1n) is 6.73. The molecule has 1 aliphatic rings. The number of rotatable bonds is 4. The SMILES string of the molecule is CCc1nc(C2CCC2)sc1CNC(C)(C)C. The number of nitrogens with zero attached hydrogens (tertiary/aromatic N) is 1. The maximum absolute atomic E-state index is 4.83. The van der Waals surface area contributed by atoms with Gasteiger partial charge in [-0.2, -0.15) is 0 Å². The van der Waals surface area contributed by atoms with Gasteiger partial charge in [-0.3, -0.25) is 0 Å². The third kappa shape index (κ3) is 3.29. The highest BCUT2D eigenvalue weighted by molar-refractivity contribution is 7.11. The first-order valence-corrected chi connectivity index (χ1v) is 7.54. The van der Waals surface area contributed by atoms with Gasteiger partial charge in [0.05, 0.1) is 10.7 Å². The summed E-state index contributed by atoms with van der Waals surface area (Å²) >= 11 is 1.94. The van der Waals surface area contributed by atoms with Crippen molar-refractivity contribution in [3.63, 3.8) is 0 Å². The van der Waals surface area contributed by atoms with Crippen molar-refractivity contribution >= 4 is 11.3 Å². The van der Waals surface area contributed by atoms with Crippen molar-refractivity contribution in [1.82, 2.24) is 10.3 Å². The van der Waals surface area contributed by atoms with E-state index in [4.69, 9.17) is 4.98 Å². The van der Waals surface area contributed by atoms with E-state index in [1.165, 1.54) is 34.8 Å². The van der Waals surface area contributed by atoms with E-state index in [0.29, 0.717) is 0 Å². The summed E-state index contributed by atoms with van der Waals surface area (Å²) in [7, 11) is 0. The molecule has 2 nitrogen and oxygen atoms in total. The molecule has 0 unspecified atom stereocenters. The van der Waals surface area contributed by atoms with E-state index in [9.17, 15) is 0 Å². The van der Waals surface area contributed by atoms with E-state index in [2.05, 4.69) is 33.0 Å². The Kier molecular flexibility index (Phi) is 3.88. The molecule has 1 aromatic heterocycles. The van der Waals surface area contributed by atoms with Crippen LogP contribution >= 0.6 is 11.3 Å². The van der Waals surface area contributed by atoms with Crippen LogP contribution in [0.5, 0.6) is 0 Å². The zero-order chi connectivity index (χ0) is 12.5. The van der Waals surface area contributed by atoms with Gasteiger partial charge in [-0.1, -0.05) is 13.3 Å². The minimum atomic E-state index is 0.186. The number of aryl methyl sites for hydroxylation is 1. The van der Waals surface area contributed by atoms with Gasteiger partial charge >= 0.3 is 0 Å². The minimum Gasteiger partial charge on any atom is -0.307 e. The lowest BCUT2D eigenvalue weighted by Crippen LogP contribution is -2.35. The molecule has 0 bridgehead atoms. The fourth-order valence-electron chi connectivity index (χ4n) is 1.99. The van der Waals surface area contributed by atoms with Gasteiger partial charge in [-0.05, 0) is 40.0 Å². The van der Waals surface area contributed by atoms with Crippen molar-refractivity contribution in [2.45, 2.75) is 71.4 Å². The van der Waals surface area contributed by atoms with Crippen LogP contribution in [0.25, 0.3) is 0 Å². The van der Waals surface area contributed by atoms with Gasteiger partial charge in [0, 0.05) is 22.9 Å². The van der Waals surface area contributed by atoms with Gasteiger partial charge < -0.3 is 5.32 Å². The topological polar surface area (TPSA) is 24.9 Å². The molecule has 1 saturated carbocycles. The van der Waals surface area contributed by atoms with Gasteiger partial charge in [0.15, 0.2) is 0 Å². The van der Waals surface area contributed by atoms with E-state index in [-0.39, 0.29) is 5.54 Å². The van der Waals surface area contributed by atoms with Gasteiger partial charge in [-0.25, -0.2) is 4.98 Å². The van der Waals surface area contributed by atoms with Crippen LogP contribution in [0.3, 0.4) is 0 Å². The standard InChI is InChI=1S/C14H24N2S/c1-5-11-12(9-15-14(2,3)4)17-13(16-11)10-7-6-8-10/h10,15H,5-9H2,1-4H3. The Labute approximate surface area is 109 Å². The normalized spacial score (nSPS) is 17.2. The predicted octanol–water partition coefficient (Wildman–Crippen LogP) is 3.86. The summed E-state index contributed by atoms with van der Waals surface area (Å²) < 4.78 is 0. The number of nitrogens with one attached hydrogen (secondary N) is 1. The Hall–Kier alpha value is -0.410. The Morgan fingerprint density at radius 2 is 2.06 bits per heavy atom. The molecule has 0 aromatic carbocycles. The molecule has 0 radical (unpaired) electrons. The summed E-state index contributed by atoms with van der Waals surface area (Å²) in [5.41, 5.74) is 1.50. The highest BCUT2D eigenvalue weighted by Crippen LogP contribution is 2.39. The monoisotopic (exact) mass is 252 g/mol. The molecule has 0 saturated heterocycles. The lowest BCUT2D eigenvalue weighted by atomic mass is 9.86. The molecule has 0 aliphatic heterocycles. The second-order valence-electron chi connectivity index (χ2n) is 6.01. The molecular formula is C14H24N2S. The summed E-state index contributed by atoms with van der Waals surface area (Å²) in [6.07, 6.45) is 5.15. The lowest BCUT2D eigenvalue weighted by Gasteiger charge is -2.22. The highest BCUT2D eigenvalue weighted by atomic mass is 32.1. The van der Waals surface area contributed by atoms with Gasteiger partial charge in [0.2, 0.25) is 0 Å². The zero-order valence-electron chi connectivity index (χ0n) is 11.5. The largest absolute Gasteiger partial charge is 0.307 e. The maximum Gasteiger partial charge on any atom is 0.0962 e. The average Bonchev–Trinajstić information content (AvgIpc) is 2.54. The summed E-state index contributed by atoms with van der Waals surface area (Å²) in [4.78, 5) is 6.28. The first kappa shape index (κ1) is 13.0. The van der Waals surface area contributed by atoms with Gasteiger partial charge in [0.1, 0.15) is 0 Å². The molecule has 1 aromatic rings. The molecular weight excluding hydrogens is 228 g/mol. The van der Waals surface area contributed by atoms with E-state index >= 15 is 0 Å². The molecule has 3 heteroatoms. The number of thiazole rings is 1. The molecule has 96 valence electrons. The van der Waals surface area contributed by atoms with E-state index in [1.54, 1.807) is 0 Å². The van der Waals surface area contributed by atoms with E-state index < -0.39 is 0 Å². The Morgan fingerprint density at radius 1 is 1.35 bits per heavy atom. The van der Waals surface area contributed by atoms with Gasteiger partial charge in [-0.15, -0.1) is 11.3 Å². The van der Waals surface area contributed by atoms with Crippen LogP contribution in [0.1, 0.15) is 68.5 Å². The number of hydrogen-bond donors (Lipinski definition) is 1. The number of hydrogen-bond acceptors (Lipinski definition) is 3. The van der Waals surface area contributed by atoms with Crippen LogP contribution < -0.4 is 5.32 Å². The summed E-state index contributed by atoms with van der Waals surface area (Å²) in [5, 5.41) is 4.96. The molecule has 0 atom stereocenters. The molecule has 1 fully saturated rings. The van der Waals surface area contributed by atoms with Crippen molar-refractivity contribution < 1.29 is 0 Å². The molecule has 1 aliphatic carbocycles. The van der Waals surface area contributed by atoms with Crippen molar-refractivity contribution in [3.8, 4) is 0 Å². The third-order valence-electron chi connectivity index (χ3n) is 3.36. The second-order valence-corrected chi connectivity index (χ2v) is 7.12. The third-order valence-corrected chi connectivity index (χ3v) is 4.62. The van der Waals surface area contributed by atoms with Crippen LogP contribution in [0, 0.1) is 0 Å². The summed E-state index contributed by atoms with van der Waals surface area (Å²) in [5.74, 6) is 0.772. The first-order chi connectivity index (χ1) is 7.99. The van der Waals surface area contributed by atoms with Crippen LogP contribution in [-0.4, -0.2) is 10.5 Å². The van der Waals surface area contributed by atoms with E-state index in [1.807, 2.05) is 11.3 Å². The van der Waals surface area contributed by atoms with Crippen molar-refractivity contribution in [3.05, 3.63) is 15.6 Å². The average molecular weight is 252 g/mol. The fraction of sp³-hybridized carbons (Fsp3) is 0.786.